The van der Waals surface area contributed by atoms with Crippen molar-refractivity contribution in [3.8, 4) is 0 Å². The monoisotopic (exact) mass is 245 g/mol. The van der Waals surface area contributed by atoms with Gasteiger partial charge in [0.1, 0.15) is 24.9 Å². The molecule has 2 aliphatic heterocycles. The van der Waals surface area contributed by atoms with Gasteiger partial charge in [0.05, 0.1) is 6.54 Å². The van der Waals surface area contributed by atoms with Crippen LogP contribution in [0.2, 0.25) is 0 Å². The fourth-order valence-electron chi connectivity index (χ4n) is 1.92. The molecule has 0 spiro atoms. The van der Waals surface area contributed by atoms with E-state index in [9.17, 15) is 20.0 Å². The lowest BCUT2D eigenvalue weighted by Gasteiger charge is -2.43. The van der Waals surface area contributed by atoms with Crippen molar-refractivity contribution >= 4 is 11.8 Å². The molecule has 0 aromatic rings. The predicted molar refractivity (Wildman–Crippen MR) is 54.9 cm³/mol. The first-order valence-electron chi connectivity index (χ1n) is 5.57. The van der Waals surface area contributed by atoms with Crippen LogP contribution in [0, 0.1) is 10.4 Å². The van der Waals surface area contributed by atoms with Gasteiger partial charge in [-0.15, -0.1) is 0 Å². The molecule has 0 aromatic heterocycles. The summed E-state index contributed by atoms with van der Waals surface area (Å²) in [5.41, 5.74) is 0. The van der Waals surface area contributed by atoms with Crippen LogP contribution in [0.1, 0.15) is 6.42 Å². The summed E-state index contributed by atoms with van der Waals surface area (Å²) in [5.74, 6) is -0.779. The molecule has 8 heteroatoms. The lowest BCUT2D eigenvalue weighted by Crippen LogP contribution is -3.11. The van der Waals surface area contributed by atoms with Crippen molar-refractivity contribution in [2.24, 2.45) is 0 Å². The minimum Gasteiger partial charge on any atom is -0.634 e. The maximum Gasteiger partial charge on any atom is 0.384 e. The summed E-state index contributed by atoms with van der Waals surface area (Å²) >= 11 is 0. The van der Waals surface area contributed by atoms with Crippen LogP contribution in [0.15, 0.2) is 0 Å². The number of hydroxylamine groups is 6. The van der Waals surface area contributed by atoms with Crippen molar-refractivity contribution < 1.29 is 24.3 Å². The number of nitrogens with zero attached hydrogens (tertiary/aromatic N) is 1. The largest absolute Gasteiger partial charge is 0.634 e. The quantitative estimate of drug-likeness (QED) is 0.399. The highest BCUT2D eigenvalue weighted by molar-refractivity contribution is 5.90. The van der Waals surface area contributed by atoms with Crippen LogP contribution in [0.3, 0.4) is 0 Å². The molecule has 2 aliphatic rings. The Morgan fingerprint density at radius 3 is 2.65 bits per heavy atom. The minimum atomic E-state index is -1.11. The number of rotatable bonds is 2. The highest BCUT2D eigenvalue weighted by atomic mass is 16.9. The number of carbonyl (C=O) groups is 2. The highest BCUT2D eigenvalue weighted by Crippen LogP contribution is 2.11. The fourth-order valence-corrected chi connectivity index (χ4v) is 1.92. The van der Waals surface area contributed by atoms with Crippen LogP contribution in [-0.4, -0.2) is 55.3 Å². The van der Waals surface area contributed by atoms with Crippen molar-refractivity contribution in [2.45, 2.75) is 12.5 Å². The van der Waals surface area contributed by atoms with E-state index in [1.54, 1.807) is 0 Å². The standard InChI is InChI=1S/C9H15N3O5/c13-7-5-8(10-6-7)9(14)17-12(16)3-1-11(15)2-4-12/h8,10-11H,1-6H2/t8-/m0/s1. The van der Waals surface area contributed by atoms with Gasteiger partial charge in [0.15, 0.2) is 13.1 Å². The second-order valence-corrected chi connectivity index (χ2v) is 4.39. The average molecular weight is 245 g/mol. The Kier molecular flexibility index (Phi) is 3.40. The molecule has 96 valence electrons. The number of quaternary nitrogens is 2. The molecule has 0 aromatic carbocycles. The van der Waals surface area contributed by atoms with E-state index in [2.05, 4.69) is 5.32 Å². The summed E-state index contributed by atoms with van der Waals surface area (Å²) in [4.78, 5) is 26.3. The first-order chi connectivity index (χ1) is 7.98. The second kappa shape index (κ2) is 4.67. The van der Waals surface area contributed by atoms with Crippen molar-refractivity contribution in [1.29, 1.82) is 0 Å². The summed E-state index contributed by atoms with van der Waals surface area (Å²) in [6.07, 6.45) is 0.0672. The van der Waals surface area contributed by atoms with Gasteiger partial charge in [0.2, 0.25) is 0 Å². The number of ketones is 1. The number of piperazine rings is 1. The SMILES string of the molecule is O=C1CN[C@H](C(=O)O[N+]2([O-])CC[NH+]([O-])CC2)C1. The molecule has 2 fully saturated rings. The third-order valence-corrected chi connectivity index (χ3v) is 2.98. The number of hydrogen-bond donors (Lipinski definition) is 2. The normalized spacial score (nSPS) is 38.1. The fraction of sp³-hybridized carbons (Fsp3) is 0.778. The molecule has 8 nitrogen and oxygen atoms in total. The van der Waals surface area contributed by atoms with Crippen LogP contribution in [0.25, 0.3) is 0 Å². The molecular formula is C9H15N3O5. The molecule has 0 radical (unpaired) electrons. The van der Waals surface area contributed by atoms with Crippen LogP contribution < -0.4 is 10.4 Å². The summed E-state index contributed by atoms with van der Waals surface area (Å²) in [6, 6.07) is -0.718. The van der Waals surface area contributed by atoms with Crippen molar-refractivity contribution in [2.75, 3.05) is 32.7 Å². The Hall–Kier alpha value is -1.06. The maximum absolute atomic E-state index is 11.9. The zero-order chi connectivity index (χ0) is 12.5. The molecule has 2 N–H and O–H groups in total. The van der Waals surface area contributed by atoms with E-state index < -0.39 is 16.8 Å². The summed E-state index contributed by atoms with van der Waals surface area (Å²) in [5, 5.41) is 25.6. The Morgan fingerprint density at radius 1 is 1.47 bits per heavy atom. The Morgan fingerprint density at radius 2 is 2.12 bits per heavy atom. The van der Waals surface area contributed by atoms with Crippen LogP contribution in [0.4, 0.5) is 0 Å². The molecule has 2 heterocycles. The minimum absolute atomic E-state index is 0.0137. The van der Waals surface area contributed by atoms with E-state index in [-0.39, 0.29) is 50.0 Å². The van der Waals surface area contributed by atoms with E-state index in [0.29, 0.717) is 0 Å². The number of Topliss-reactive ketones (excluding diaryl/α,β-unsaturated/α-hetero) is 1. The maximum atomic E-state index is 11.9. The molecule has 0 amide bonds. The average Bonchev–Trinajstić information content (AvgIpc) is 2.70. The lowest BCUT2D eigenvalue weighted by molar-refractivity contribution is -1.09. The number of nitrogens with one attached hydrogen (secondary N) is 2. The number of carbonyl (C=O) groups excluding carboxylic acids is 2. The van der Waals surface area contributed by atoms with Gasteiger partial charge in [0.25, 0.3) is 0 Å². The second-order valence-electron chi connectivity index (χ2n) is 4.39. The van der Waals surface area contributed by atoms with Gasteiger partial charge in [-0.2, -0.15) is 4.81 Å². The van der Waals surface area contributed by atoms with E-state index in [4.69, 9.17) is 4.84 Å². The van der Waals surface area contributed by atoms with Gasteiger partial charge >= 0.3 is 5.97 Å². The Labute approximate surface area is 97.8 Å². The third-order valence-electron chi connectivity index (χ3n) is 2.98. The molecule has 2 saturated heterocycles. The Bertz CT molecular complexity index is 327. The van der Waals surface area contributed by atoms with Crippen molar-refractivity contribution in [3.63, 3.8) is 0 Å². The van der Waals surface area contributed by atoms with E-state index in [1.807, 2.05) is 0 Å². The molecule has 17 heavy (non-hydrogen) atoms. The summed E-state index contributed by atoms with van der Waals surface area (Å²) in [7, 11) is 0. The zero-order valence-corrected chi connectivity index (χ0v) is 9.31. The van der Waals surface area contributed by atoms with Crippen LogP contribution in [-0.2, 0) is 14.4 Å². The van der Waals surface area contributed by atoms with Gasteiger partial charge in [-0.3, -0.25) is 14.9 Å². The smallest absolute Gasteiger partial charge is 0.384 e. The van der Waals surface area contributed by atoms with E-state index in [0.717, 1.165) is 0 Å². The Balaban J connectivity index is 1.87. The van der Waals surface area contributed by atoms with Crippen LogP contribution >= 0.6 is 0 Å². The van der Waals surface area contributed by atoms with Crippen molar-refractivity contribution in [3.05, 3.63) is 10.4 Å². The predicted octanol–water partition coefficient (Wildman–Crippen LogP) is -2.91. The highest BCUT2D eigenvalue weighted by Gasteiger charge is 2.36. The summed E-state index contributed by atoms with van der Waals surface area (Å²) in [6.45, 7) is 0.329. The zero-order valence-electron chi connectivity index (χ0n) is 9.31. The molecule has 1 atom stereocenters. The molecular weight excluding hydrogens is 230 g/mol. The molecule has 0 aliphatic carbocycles. The number of hydrogen-bond acceptors (Lipinski definition) is 6. The van der Waals surface area contributed by atoms with Gasteiger partial charge in [-0.1, -0.05) is 0 Å². The topological polar surface area (TPSA) is 106 Å². The molecule has 2 rings (SSSR count). The molecule has 0 saturated carbocycles. The molecule has 0 unspecified atom stereocenters. The first kappa shape index (κ1) is 12.4. The third kappa shape index (κ3) is 2.99. The van der Waals surface area contributed by atoms with Gasteiger partial charge in [-0.05, 0) is 0 Å². The van der Waals surface area contributed by atoms with Crippen molar-refractivity contribution in [1.82, 2.24) is 5.32 Å². The molecule has 0 bridgehead atoms. The first-order valence-corrected chi connectivity index (χ1v) is 5.57. The van der Waals surface area contributed by atoms with Crippen LogP contribution in [0.5, 0.6) is 0 Å². The van der Waals surface area contributed by atoms with E-state index >= 15 is 0 Å². The lowest BCUT2D eigenvalue weighted by atomic mass is 10.2. The van der Waals surface area contributed by atoms with Gasteiger partial charge < -0.3 is 15.5 Å². The summed E-state index contributed by atoms with van der Waals surface area (Å²) < 4.78 is 0. The van der Waals surface area contributed by atoms with E-state index in [1.165, 1.54) is 0 Å². The van der Waals surface area contributed by atoms with Gasteiger partial charge in [-0.25, -0.2) is 4.79 Å². The van der Waals surface area contributed by atoms with Gasteiger partial charge in [0, 0.05) is 6.42 Å².